The van der Waals surface area contributed by atoms with Crippen LogP contribution >= 0.6 is 15.9 Å². The molecule has 10 heteroatoms. The first kappa shape index (κ1) is 18.4. The van der Waals surface area contributed by atoms with Gasteiger partial charge >= 0.3 is 6.18 Å². The van der Waals surface area contributed by atoms with Crippen molar-refractivity contribution in [3.63, 3.8) is 0 Å². The summed E-state index contributed by atoms with van der Waals surface area (Å²) in [4.78, 5) is 16.3. The molecular formula is C16H13BrF3N3O3. The minimum absolute atomic E-state index is 0.0207. The molecule has 1 saturated heterocycles. The molecule has 138 valence electrons. The molecule has 3 rings (SSSR count). The van der Waals surface area contributed by atoms with Crippen LogP contribution in [-0.2, 0) is 6.18 Å². The van der Waals surface area contributed by atoms with Gasteiger partial charge in [0.25, 0.3) is 5.69 Å². The van der Waals surface area contributed by atoms with E-state index in [4.69, 9.17) is 4.74 Å². The molecule has 1 aromatic heterocycles. The number of ether oxygens (including phenoxy) is 1. The average Bonchev–Trinajstić information content (AvgIpc) is 3.02. The van der Waals surface area contributed by atoms with Crippen LogP contribution in [0.3, 0.4) is 0 Å². The Kier molecular flexibility index (Phi) is 5.03. The number of nitro benzene ring substituents is 1. The van der Waals surface area contributed by atoms with Crippen LogP contribution < -0.4 is 9.64 Å². The first-order valence-electron chi connectivity index (χ1n) is 7.63. The van der Waals surface area contributed by atoms with Crippen molar-refractivity contribution in [3.05, 3.63) is 56.7 Å². The smallest absolute Gasteiger partial charge is 0.417 e. The Morgan fingerprint density at radius 1 is 1.31 bits per heavy atom. The lowest BCUT2D eigenvalue weighted by atomic mass is 10.2. The van der Waals surface area contributed by atoms with Crippen molar-refractivity contribution in [1.29, 1.82) is 0 Å². The Morgan fingerprint density at radius 2 is 2.08 bits per heavy atom. The molecule has 2 aromatic rings. The average molecular weight is 432 g/mol. The summed E-state index contributed by atoms with van der Waals surface area (Å²) in [6.07, 6.45) is -3.46. The fourth-order valence-corrected chi connectivity index (χ4v) is 3.09. The molecule has 1 aliphatic rings. The molecule has 1 atom stereocenters. The van der Waals surface area contributed by atoms with E-state index in [1.165, 1.54) is 12.1 Å². The van der Waals surface area contributed by atoms with E-state index in [0.29, 0.717) is 29.7 Å². The Balaban J connectivity index is 1.69. The molecular weight excluding hydrogens is 419 g/mol. The van der Waals surface area contributed by atoms with Gasteiger partial charge in [-0.1, -0.05) is 15.9 Å². The number of benzene rings is 1. The number of anilines is 1. The summed E-state index contributed by atoms with van der Waals surface area (Å²) >= 11 is 3.21. The molecule has 0 aliphatic carbocycles. The van der Waals surface area contributed by atoms with Crippen LogP contribution in [0.15, 0.2) is 41.0 Å². The van der Waals surface area contributed by atoms with Gasteiger partial charge in [0.2, 0.25) is 5.88 Å². The summed E-state index contributed by atoms with van der Waals surface area (Å²) in [6.45, 7) is 0.916. The summed E-state index contributed by atoms with van der Waals surface area (Å²) in [5.74, 6) is 0.0927. The first-order chi connectivity index (χ1) is 12.2. The van der Waals surface area contributed by atoms with Gasteiger partial charge in [-0.3, -0.25) is 10.1 Å². The Bertz CT molecular complexity index is 815. The van der Waals surface area contributed by atoms with E-state index >= 15 is 0 Å². The highest BCUT2D eigenvalue weighted by molar-refractivity contribution is 9.10. The van der Waals surface area contributed by atoms with Crippen molar-refractivity contribution < 1.29 is 22.8 Å². The van der Waals surface area contributed by atoms with E-state index in [9.17, 15) is 23.3 Å². The summed E-state index contributed by atoms with van der Waals surface area (Å²) in [7, 11) is 0. The molecule has 1 aromatic carbocycles. The first-order valence-corrected chi connectivity index (χ1v) is 8.42. The van der Waals surface area contributed by atoms with Gasteiger partial charge in [-0.2, -0.15) is 13.2 Å². The second-order valence-electron chi connectivity index (χ2n) is 5.75. The van der Waals surface area contributed by atoms with Crippen LogP contribution in [0.25, 0.3) is 0 Å². The van der Waals surface area contributed by atoms with Crippen LogP contribution in [0.5, 0.6) is 5.88 Å². The Morgan fingerprint density at radius 3 is 2.69 bits per heavy atom. The second-order valence-corrected chi connectivity index (χ2v) is 6.66. The van der Waals surface area contributed by atoms with Gasteiger partial charge in [-0.25, -0.2) is 4.98 Å². The molecule has 2 heterocycles. The van der Waals surface area contributed by atoms with Crippen LogP contribution in [0, 0.1) is 10.1 Å². The number of hydrogen-bond acceptors (Lipinski definition) is 5. The maximum absolute atomic E-state index is 12.5. The van der Waals surface area contributed by atoms with Gasteiger partial charge in [0.1, 0.15) is 11.8 Å². The molecule has 0 bridgehead atoms. The highest BCUT2D eigenvalue weighted by Crippen LogP contribution is 2.34. The third kappa shape index (κ3) is 4.06. The van der Waals surface area contributed by atoms with Crippen molar-refractivity contribution in [2.75, 3.05) is 18.0 Å². The molecule has 1 aliphatic heterocycles. The number of hydrogen-bond donors (Lipinski definition) is 0. The van der Waals surface area contributed by atoms with Gasteiger partial charge in [0, 0.05) is 35.8 Å². The van der Waals surface area contributed by atoms with E-state index in [0.717, 1.165) is 12.3 Å². The highest BCUT2D eigenvalue weighted by Gasteiger charge is 2.32. The van der Waals surface area contributed by atoms with Gasteiger partial charge in [-0.15, -0.1) is 0 Å². The standard InChI is InChI=1S/C16H13BrF3N3O3/c17-11-2-3-13(14(7-11)23(24)25)22-6-5-12(9-22)26-15-4-1-10(8-21-15)16(18,19)20/h1-4,7-8,12H,5-6,9H2/t12-/m0/s1. The summed E-state index contributed by atoms with van der Waals surface area (Å²) in [5.41, 5.74) is -0.388. The number of nitro groups is 1. The van der Waals surface area contributed by atoms with Crippen LogP contribution in [0.2, 0.25) is 0 Å². The molecule has 0 N–H and O–H groups in total. The van der Waals surface area contributed by atoms with E-state index in [1.807, 2.05) is 4.90 Å². The summed E-state index contributed by atoms with van der Waals surface area (Å²) in [6, 6.07) is 6.89. The lowest BCUT2D eigenvalue weighted by Gasteiger charge is -2.19. The van der Waals surface area contributed by atoms with Gasteiger partial charge in [0.05, 0.1) is 17.0 Å². The Labute approximate surface area is 154 Å². The molecule has 0 unspecified atom stereocenters. The highest BCUT2D eigenvalue weighted by atomic mass is 79.9. The third-order valence-corrected chi connectivity index (χ3v) is 4.46. The largest absolute Gasteiger partial charge is 0.472 e. The molecule has 0 amide bonds. The maximum Gasteiger partial charge on any atom is 0.417 e. The quantitative estimate of drug-likeness (QED) is 0.529. The lowest BCUT2D eigenvalue weighted by Crippen LogP contribution is -2.25. The fraction of sp³-hybridized carbons (Fsp3) is 0.312. The number of aromatic nitrogens is 1. The van der Waals surface area contributed by atoms with Crippen molar-refractivity contribution in [3.8, 4) is 5.88 Å². The zero-order chi connectivity index (χ0) is 18.9. The zero-order valence-corrected chi connectivity index (χ0v) is 14.8. The number of halogens is 4. The summed E-state index contributed by atoms with van der Waals surface area (Å²) in [5, 5.41) is 11.2. The molecule has 0 radical (unpaired) electrons. The minimum Gasteiger partial charge on any atom is -0.472 e. The van der Waals surface area contributed by atoms with Gasteiger partial charge in [-0.05, 0) is 18.2 Å². The molecule has 0 saturated carbocycles. The minimum atomic E-state index is -4.45. The van der Waals surface area contributed by atoms with E-state index in [1.54, 1.807) is 12.1 Å². The van der Waals surface area contributed by atoms with Crippen molar-refractivity contribution >= 4 is 27.3 Å². The summed E-state index contributed by atoms with van der Waals surface area (Å²) < 4.78 is 43.9. The topological polar surface area (TPSA) is 68.5 Å². The Hall–Kier alpha value is -2.36. The number of alkyl halides is 3. The van der Waals surface area contributed by atoms with E-state index in [-0.39, 0.29) is 17.7 Å². The van der Waals surface area contributed by atoms with Crippen LogP contribution in [0.4, 0.5) is 24.5 Å². The normalized spacial score (nSPS) is 17.4. The fourth-order valence-electron chi connectivity index (χ4n) is 2.74. The molecule has 26 heavy (non-hydrogen) atoms. The van der Waals surface area contributed by atoms with Crippen molar-refractivity contribution in [1.82, 2.24) is 4.98 Å². The van der Waals surface area contributed by atoms with Gasteiger partial charge in [0.15, 0.2) is 0 Å². The monoisotopic (exact) mass is 431 g/mol. The van der Waals surface area contributed by atoms with E-state index in [2.05, 4.69) is 20.9 Å². The second kappa shape index (κ2) is 7.10. The maximum atomic E-state index is 12.5. The van der Waals surface area contributed by atoms with E-state index < -0.39 is 16.7 Å². The number of rotatable bonds is 4. The van der Waals surface area contributed by atoms with Gasteiger partial charge < -0.3 is 9.64 Å². The lowest BCUT2D eigenvalue weighted by molar-refractivity contribution is -0.384. The number of pyridine rings is 1. The van der Waals surface area contributed by atoms with Crippen molar-refractivity contribution in [2.45, 2.75) is 18.7 Å². The van der Waals surface area contributed by atoms with Crippen LogP contribution in [-0.4, -0.2) is 29.1 Å². The SMILES string of the molecule is O=[N+]([O-])c1cc(Br)ccc1N1CC[C@H](Oc2ccc(C(F)(F)F)cn2)C1. The van der Waals surface area contributed by atoms with Crippen LogP contribution in [0.1, 0.15) is 12.0 Å². The number of nitrogens with zero attached hydrogens (tertiary/aromatic N) is 3. The predicted octanol–water partition coefficient (Wildman–Crippen LogP) is 4.43. The molecule has 0 spiro atoms. The zero-order valence-electron chi connectivity index (χ0n) is 13.2. The predicted molar refractivity (Wildman–Crippen MR) is 91.3 cm³/mol. The third-order valence-electron chi connectivity index (χ3n) is 3.97. The molecule has 1 fully saturated rings. The van der Waals surface area contributed by atoms with Crippen molar-refractivity contribution in [2.24, 2.45) is 0 Å². The molecule has 6 nitrogen and oxygen atoms in total.